The zero-order valence-corrected chi connectivity index (χ0v) is 17.9. The molecule has 31 heavy (non-hydrogen) atoms. The fourth-order valence-electron chi connectivity index (χ4n) is 3.24. The van der Waals surface area contributed by atoms with Crippen LogP contribution in [0.5, 0.6) is 0 Å². The molecule has 0 fully saturated rings. The highest BCUT2D eigenvalue weighted by molar-refractivity contribution is 7.90. The average molecular weight is 455 g/mol. The first kappa shape index (κ1) is 21.0. The fourth-order valence-corrected chi connectivity index (χ4v) is 4.11. The Morgan fingerprint density at radius 1 is 0.903 bits per heavy atom. The highest BCUT2D eigenvalue weighted by Gasteiger charge is 2.18. The number of sulfone groups is 1. The van der Waals surface area contributed by atoms with Crippen molar-refractivity contribution < 1.29 is 12.8 Å². The lowest BCUT2D eigenvalue weighted by atomic mass is 9.97. The van der Waals surface area contributed by atoms with Crippen LogP contribution in [-0.2, 0) is 9.84 Å². The monoisotopic (exact) mass is 454 g/mol. The van der Waals surface area contributed by atoms with Gasteiger partial charge in [0, 0.05) is 22.4 Å². The van der Waals surface area contributed by atoms with Gasteiger partial charge >= 0.3 is 0 Å². The third-order valence-electron chi connectivity index (χ3n) is 4.79. The predicted molar refractivity (Wildman–Crippen MR) is 119 cm³/mol. The number of hydrogen-bond acceptors (Lipinski definition) is 4. The topological polar surface area (TPSA) is 69.0 Å². The Balaban J connectivity index is 1.98. The molecule has 4 aromatic rings. The first-order chi connectivity index (χ1) is 14.8. The van der Waals surface area contributed by atoms with Gasteiger partial charge in [-0.3, -0.25) is 4.79 Å². The van der Waals surface area contributed by atoms with E-state index >= 15 is 0 Å². The van der Waals surface area contributed by atoms with Crippen molar-refractivity contribution in [2.75, 3.05) is 6.26 Å². The summed E-state index contributed by atoms with van der Waals surface area (Å²) in [5.74, 6) is -0.425. The Morgan fingerprint density at radius 2 is 1.55 bits per heavy atom. The molecule has 1 heterocycles. The van der Waals surface area contributed by atoms with E-state index in [1.54, 1.807) is 36.4 Å². The van der Waals surface area contributed by atoms with E-state index in [1.807, 2.05) is 0 Å². The maximum atomic E-state index is 13.5. The molecule has 8 heteroatoms. The fraction of sp³-hybridized carbons (Fsp3) is 0.0435. The molecule has 3 aromatic carbocycles. The molecule has 5 nitrogen and oxygen atoms in total. The number of aromatic nitrogens is 2. The smallest absolute Gasteiger partial charge is 0.267 e. The lowest BCUT2D eigenvalue weighted by Gasteiger charge is -2.14. The summed E-state index contributed by atoms with van der Waals surface area (Å²) < 4.78 is 38.1. The maximum absolute atomic E-state index is 13.5. The third-order valence-corrected chi connectivity index (χ3v) is 6.24. The predicted octanol–water partition coefficient (Wildman–Crippen LogP) is 4.76. The summed E-state index contributed by atoms with van der Waals surface area (Å²) in [4.78, 5) is 13.6. The molecule has 0 spiro atoms. The van der Waals surface area contributed by atoms with Gasteiger partial charge in [0.05, 0.1) is 22.3 Å². The number of hydrogen-bond donors (Lipinski definition) is 0. The van der Waals surface area contributed by atoms with Crippen LogP contribution in [0.2, 0.25) is 5.02 Å². The molecular weight excluding hydrogens is 439 g/mol. The second-order valence-electron chi connectivity index (χ2n) is 6.90. The summed E-state index contributed by atoms with van der Waals surface area (Å²) in [5.41, 5.74) is 1.88. The lowest BCUT2D eigenvalue weighted by Crippen LogP contribution is -2.23. The van der Waals surface area contributed by atoms with Gasteiger partial charge in [0.2, 0.25) is 0 Å². The van der Waals surface area contributed by atoms with Crippen molar-refractivity contribution in [3.8, 4) is 27.9 Å². The molecule has 0 bridgehead atoms. The molecule has 1 aromatic heterocycles. The van der Waals surface area contributed by atoms with Crippen LogP contribution >= 0.6 is 11.6 Å². The summed E-state index contributed by atoms with van der Waals surface area (Å²) in [5, 5.41) is 4.64. The van der Waals surface area contributed by atoms with Crippen molar-refractivity contribution in [2.24, 2.45) is 0 Å². The molecule has 0 aliphatic rings. The van der Waals surface area contributed by atoms with E-state index in [2.05, 4.69) is 5.10 Å². The second-order valence-corrected chi connectivity index (χ2v) is 9.33. The summed E-state index contributed by atoms with van der Waals surface area (Å²) >= 11 is 6.40. The number of rotatable bonds is 4. The molecule has 0 radical (unpaired) electrons. The molecular formula is C23H16ClFN2O3S. The summed E-state index contributed by atoms with van der Waals surface area (Å²) in [7, 11) is -3.36. The molecule has 0 amide bonds. The van der Waals surface area contributed by atoms with E-state index in [0.29, 0.717) is 33.0 Å². The molecule has 0 aliphatic carbocycles. The maximum Gasteiger partial charge on any atom is 0.280 e. The molecule has 0 saturated carbocycles. The van der Waals surface area contributed by atoms with E-state index in [9.17, 15) is 17.6 Å². The third kappa shape index (κ3) is 4.15. The van der Waals surface area contributed by atoms with Crippen LogP contribution in [0, 0.1) is 5.82 Å². The van der Waals surface area contributed by atoms with E-state index in [4.69, 9.17) is 11.6 Å². The Labute approximate surface area is 183 Å². The first-order valence-corrected chi connectivity index (χ1v) is 11.5. The van der Waals surface area contributed by atoms with Crippen molar-refractivity contribution in [2.45, 2.75) is 4.90 Å². The Kier molecular flexibility index (Phi) is 5.47. The van der Waals surface area contributed by atoms with Crippen LogP contribution in [0.4, 0.5) is 4.39 Å². The van der Waals surface area contributed by atoms with E-state index in [1.165, 1.54) is 47.3 Å². The Hall–Kier alpha value is -3.29. The van der Waals surface area contributed by atoms with Crippen molar-refractivity contribution in [3.63, 3.8) is 0 Å². The first-order valence-electron chi connectivity index (χ1n) is 9.19. The Bertz CT molecular complexity index is 1430. The van der Waals surface area contributed by atoms with Crippen LogP contribution < -0.4 is 5.56 Å². The number of nitrogens with zero attached hydrogens (tertiary/aromatic N) is 2. The normalized spacial score (nSPS) is 11.5. The van der Waals surface area contributed by atoms with Gasteiger partial charge in [-0.05, 0) is 48.0 Å². The zero-order valence-electron chi connectivity index (χ0n) is 16.3. The van der Waals surface area contributed by atoms with Crippen molar-refractivity contribution >= 4 is 21.4 Å². The minimum Gasteiger partial charge on any atom is -0.267 e. The van der Waals surface area contributed by atoms with Crippen molar-refractivity contribution in [1.29, 1.82) is 0 Å². The van der Waals surface area contributed by atoms with Crippen LogP contribution in [0.3, 0.4) is 0 Å². The minimum atomic E-state index is -3.36. The van der Waals surface area contributed by atoms with Gasteiger partial charge in [-0.2, -0.15) is 9.78 Å². The molecule has 0 saturated heterocycles. The van der Waals surface area contributed by atoms with Gasteiger partial charge in [0.25, 0.3) is 5.56 Å². The highest BCUT2D eigenvalue weighted by atomic mass is 35.5. The van der Waals surface area contributed by atoms with Gasteiger partial charge in [0.1, 0.15) is 5.82 Å². The molecule has 0 unspecified atom stereocenters. The molecule has 0 atom stereocenters. The summed E-state index contributed by atoms with van der Waals surface area (Å²) in [6.07, 6.45) is 2.64. The van der Waals surface area contributed by atoms with Gasteiger partial charge in [-0.25, -0.2) is 12.8 Å². The van der Waals surface area contributed by atoms with Crippen LogP contribution in [0.1, 0.15) is 0 Å². The van der Waals surface area contributed by atoms with Gasteiger partial charge in [-0.15, -0.1) is 0 Å². The van der Waals surface area contributed by atoms with Crippen molar-refractivity contribution in [1.82, 2.24) is 9.78 Å². The largest absolute Gasteiger partial charge is 0.280 e. The molecule has 0 N–H and O–H groups in total. The highest BCUT2D eigenvalue weighted by Crippen LogP contribution is 2.33. The second kappa shape index (κ2) is 8.09. The van der Waals surface area contributed by atoms with E-state index in [-0.39, 0.29) is 4.90 Å². The number of halogens is 2. The van der Waals surface area contributed by atoms with E-state index < -0.39 is 21.2 Å². The minimum absolute atomic E-state index is 0.170. The zero-order chi connectivity index (χ0) is 22.2. The lowest BCUT2D eigenvalue weighted by molar-refractivity contribution is 0.602. The summed E-state index contributed by atoms with van der Waals surface area (Å²) in [6, 6.07) is 18.5. The Morgan fingerprint density at radius 3 is 2.16 bits per heavy atom. The molecule has 4 rings (SSSR count). The molecule has 156 valence electrons. The van der Waals surface area contributed by atoms with Gasteiger partial charge in [-0.1, -0.05) is 41.9 Å². The SMILES string of the molecule is CS(=O)(=O)c1ccc(-c2cnn(-c3ccc(F)cc3)c(=O)c2-c2ccccc2Cl)cc1. The average Bonchev–Trinajstić information content (AvgIpc) is 2.74. The molecule has 0 aliphatic heterocycles. The van der Waals surface area contributed by atoms with E-state index in [0.717, 1.165) is 6.26 Å². The van der Waals surface area contributed by atoms with Crippen molar-refractivity contribution in [3.05, 3.63) is 100 Å². The number of benzene rings is 3. The van der Waals surface area contributed by atoms with Crippen LogP contribution in [-0.4, -0.2) is 24.5 Å². The standard InChI is InChI=1S/C23H16ClFN2O3S/c1-31(29,30)18-12-6-15(7-13-18)20-14-26-27(17-10-8-16(25)9-11-17)23(28)22(20)19-4-2-3-5-21(19)24/h2-14H,1H3. The van der Waals surface area contributed by atoms with Gasteiger partial charge < -0.3 is 0 Å². The van der Waals surface area contributed by atoms with Gasteiger partial charge in [0.15, 0.2) is 9.84 Å². The quantitative estimate of drug-likeness (QED) is 0.445. The summed E-state index contributed by atoms with van der Waals surface area (Å²) in [6.45, 7) is 0. The van der Waals surface area contributed by atoms with Crippen LogP contribution in [0.25, 0.3) is 27.9 Å². The van der Waals surface area contributed by atoms with Crippen LogP contribution in [0.15, 0.2) is 88.7 Å².